The minimum Gasteiger partial charge on any atom is -0.0620 e. The Balaban J connectivity index is 1.87. The molecule has 3 saturated carbocycles. The van der Waals surface area contributed by atoms with Crippen LogP contribution in [0, 0.1) is 29.6 Å². The summed E-state index contributed by atoms with van der Waals surface area (Å²) in [6, 6.07) is 0. The quantitative estimate of drug-likeness (QED) is 0.462. The number of hydrogen-bond donors (Lipinski definition) is 0. The van der Waals surface area contributed by atoms with E-state index in [4.69, 9.17) is 0 Å². The summed E-state index contributed by atoms with van der Waals surface area (Å²) in [6.07, 6.45) is 4.79. The summed E-state index contributed by atoms with van der Waals surface area (Å²) in [4.78, 5) is 0. The second kappa shape index (κ2) is 1.21. The zero-order valence-corrected chi connectivity index (χ0v) is 6.01. The molecule has 0 heteroatoms. The maximum Gasteiger partial charge on any atom is -0.0354 e. The van der Waals surface area contributed by atoms with E-state index < -0.39 is 0 Å². The minimum absolute atomic E-state index is 1.12. The van der Waals surface area contributed by atoms with Crippen LogP contribution in [0.1, 0.15) is 26.2 Å². The zero-order valence-electron chi connectivity index (χ0n) is 6.01. The minimum atomic E-state index is 1.12. The van der Waals surface area contributed by atoms with Gasteiger partial charge in [-0.2, -0.15) is 0 Å². The van der Waals surface area contributed by atoms with Crippen molar-refractivity contribution in [1.82, 2.24) is 0 Å². The van der Waals surface area contributed by atoms with E-state index in [0.29, 0.717) is 0 Å². The fourth-order valence-electron chi connectivity index (χ4n) is 3.08. The molecule has 3 fully saturated rings. The van der Waals surface area contributed by atoms with Crippen molar-refractivity contribution in [1.29, 1.82) is 0 Å². The summed E-state index contributed by atoms with van der Waals surface area (Å²) in [5.41, 5.74) is 0. The lowest BCUT2D eigenvalue weighted by Crippen LogP contribution is -2.08. The van der Waals surface area contributed by atoms with E-state index in [9.17, 15) is 0 Å². The second-order valence-corrected chi connectivity index (χ2v) is 4.41. The molecule has 9 heavy (non-hydrogen) atoms. The number of hydrogen-bond acceptors (Lipinski definition) is 0. The topological polar surface area (TPSA) is 0 Å². The van der Waals surface area contributed by atoms with E-state index in [1.807, 2.05) is 0 Å². The molecule has 4 atom stereocenters. The molecule has 0 aliphatic heterocycles. The van der Waals surface area contributed by atoms with Gasteiger partial charge >= 0.3 is 0 Å². The lowest BCUT2D eigenvalue weighted by molar-refractivity contribution is 0.339. The van der Waals surface area contributed by atoms with Gasteiger partial charge in [0.1, 0.15) is 0 Å². The van der Waals surface area contributed by atoms with Gasteiger partial charge in [0.25, 0.3) is 0 Å². The van der Waals surface area contributed by atoms with Crippen molar-refractivity contribution >= 4 is 0 Å². The van der Waals surface area contributed by atoms with Gasteiger partial charge < -0.3 is 0 Å². The molecule has 0 amide bonds. The monoisotopic (exact) mass is 122 g/mol. The molecular weight excluding hydrogens is 108 g/mol. The van der Waals surface area contributed by atoms with Crippen molar-refractivity contribution in [3.8, 4) is 0 Å². The molecule has 0 radical (unpaired) electrons. The summed E-state index contributed by atoms with van der Waals surface area (Å²) >= 11 is 0. The van der Waals surface area contributed by atoms with Crippen molar-refractivity contribution in [3.05, 3.63) is 0 Å². The SMILES string of the molecule is CC1C2CC2CC2CC21. The molecule has 0 heterocycles. The number of rotatable bonds is 0. The van der Waals surface area contributed by atoms with E-state index in [0.717, 1.165) is 5.92 Å². The first-order valence-electron chi connectivity index (χ1n) is 4.36. The van der Waals surface area contributed by atoms with Crippen LogP contribution in [0.4, 0.5) is 0 Å². The van der Waals surface area contributed by atoms with Crippen LogP contribution in [0.15, 0.2) is 0 Å². The van der Waals surface area contributed by atoms with Gasteiger partial charge in [0, 0.05) is 0 Å². The first kappa shape index (κ1) is 4.76. The predicted octanol–water partition coefficient (Wildman–Crippen LogP) is 2.30. The van der Waals surface area contributed by atoms with Gasteiger partial charge in [0.2, 0.25) is 0 Å². The maximum absolute atomic E-state index is 2.48. The van der Waals surface area contributed by atoms with Crippen LogP contribution < -0.4 is 0 Å². The maximum atomic E-state index is 2.48. The van der Waals surface area contributed by atoms with E-state index in [-0.39, 0.29) is 0 Å². The second-order valence-electron chi connectivity index (χ2n) is 4.41. The van der Waals surface area contributed by atoms with Crippen LogP contribution >= 0.6 is 0 Å². The zero-order chi connectivity index (χ0) is 6.01. The van der Waals surface area contributed by atoms with Crippen molar-refractivity contribution in [2.24, 2.45) is 29.6 Å². The van der Waals surface area contributed by atoms with Crippen molar-refractivity contribution in [2.75, 3.05) is 0 Å². The molecule has 0 saturated heterocycles. The third-order valence-corrected chi connectivity index (χ3v) is 3.91. The summed E-state index contributed by atoms with van der Waals surface area (Å²) in [7, 11) is 0. The molecule has 0 N–H and O–H groups in total. The standard InChI is InChI=1S/C9H14/c1-5-8-3-6(8)2-7-4-9(5)7/h5-9H,2-4H2,1H3. The first-order valence-corrected chi connectivity index (χ1v) is 4.36. The van der Waals surface area contributed by atoms with Gasteiger partial charge in [0.15, 0.2) is 0 Å². The highest BCUT2D eigenvalue weighted by Crippen LogP contribution is 2.65. The molecule has 4 unspecified atom stereocenters. The van der Waals surface area contributed by atoms with Crippen LogP contribution in [-0.4, -0.2) is 0 Å². The molecule has 0 aromatic heterocycles. The summed E-state index contributed by atoms with van der Waals surface area (Å²) in [5, 5.41) is 0. The Morgan fingerprint density at radius 3 is 2.00 bits per heavy atom. The van der Waals surface area contributed by atoms with Crippen LogP contribution in [0.2, 0.25) is 0 Å². The molecule has 3 aliphatic carbocycles. The van der Waals surface area contributed by atoms with Crippen LogP contribution in [0.3, 0.4) is 0 Å². The Labute approximate surface area is 56.6 Å². The van der Waals surface area contributed by atoms with Crippen LogP contribution in [-0.2, 0) is 0 Å². The van der Waals surface area contributed by atoms with Crippen LogP contribution in [0.25, 0.3) is 0 Å². The summed E-state index contributed by atoms with van der Waals surface area (Å²) < 4.78 is 0. The highest BCUT2D eigenvalue weighted by atomic mass is 14.6. The van der Waals surface area contributed by atoms with Crippen molar-refractivity contribution in [2.45, 2.75) is 26.2 Å². The molecule has 0 bridgehead atoms. The third kappa shape index (κ3) is 0.500. The van der Waals surface area contributed by atoms with Gasteiger partial charge in [0.05, 0.1) is 0 Å². The highest BCUT2D eigenvalue weighted by molar-refractivity contribution is 5.06. The molecule has 0 spiro atoms. The van der Waals surface area contributed by atoms with Gasteiger partial charge in [-0.05, 0) is 48.9 Å². The number of fused-ring (bicyclic) bond motifs is 2. The molecular formula is C9H14. The van der Waals surface area contributed by atoms with Gasteiger partial charge in [-0.25, -0.2) is 0 Å². The van der Waals surface area contributed by atoms with Gasteiger partial charge in [-0.1, -0.05) is 6.92 Å². The molecule has 0 aromatic rings. The largest absolute Gasteiger partial charge is 0.0620 e. The summed E-state index contributed by atoms with van der Waals surface area (Å²) in [6.45, 7) is 2.48. The Morgan fingerprint density at radius 1 is 0.889 bits per heavy atom. The fourth-order valence-corrected chi connectivity index (χ4v) is 3.08. The first-order chi connectivity index (χ1) is 4.36. The Kier molecular flexibility index (Phi) is 0.640. The van der Waals surface area contributed by atoms with Gasteiger partial charge in [-0.3, -0.25) is 0 Å². The fraction of sp³-hybridized carbons (Fsp3) is 1.00. The summed E-state index contributed by atoms with van der Waals surface area (Å²) in [5.74, 6) is 5.89. The van der Waals surface area contributed by atoms with Crippen molar-refractivity contribution in [3.63, 3.8) is 0 Å². The van der Waals surface area contributed by atoms with Gasteiger partial charge in [-0.15, -0.1) is 0 Å². The Bertz CT molecular complexity index is 134. The van der Waals surface area contributed by atoms with E-state index in [1.54, 1.807) is 19.3 Å². The molecule has 3 aliphatic rings. The average molecular weight is 122 g/mol. The lowest BCUT2D eigenvalue weighted by atomic mass is 9.91. The van der Waals surface area contributed by atoms with E-state index in [2.05, 4.69) is 6.92 Å². The predicted molar refractivity (Wildman–Crippen MR) is 37.0 cm³/mol. The smallest absolute Gasteiger partial charge is 0.0354 e. The van der Waals surface area contributed by atoms with E-state index in [1.165, 1.54) is 23.7 Å². The van der Waals surface area contributed by atoms with Crippen LogP contribution in [0.5, 0.6) is 0 Å². The molecule has 3 rings (SSSR count). The van der Waals surface area contributed by atoms with Crippen molar-refractivity contribution < 1.29 is 0 Å². The molecule has 0 nitrogen and oxygen atoms in total. The Hall–Kier alpha value is 0. The third-order valence-electron chi connectivity index (χ3n) is 3.91. The Morgan fingerprint density at radius 2 is 1.44 bits per heavy atom. The molecule has 50 valence electrons. The average Bonchev–Trinajstić information content (AvgIpc) is 2.57. The lowest BCUT2D eigenvalue weighted by Gasteiger charge is -2.14. The van der Waals surface area contributed by atoms with E-state index >= 15 is 0 Å². The highest BCUT2D eigenvalue weighted by Gasteiger charge is 2.57. The molecule has 0 aromatic carbocycles. The normalized spacial score (nSPS) is 68.3.